The number of fused-ring (bicyclic) bond motifs is 1. The number of pyridine rings is 1. The van der Waals surface area contributed by atoms with E-state index < -0.39 is 6.04 Å². The van der Waals surface area contributed by atoms with Gasteiger partial charge >= 0.3 is 0 Å². The predicted molar refractivity (Wildman–Crippen MR) is 148 cm³/mol. The van der Waals surface area contributed by atoms with Crippen molar-refractivity contribution < 1.29 is 23.9 Å². The molecule has 0 saturated carbocycles. The van der Waals surface area contributed by atoms with Gasteiger partial charge in [-0.25, -0.2) is 0 Å². The second-order valence-corrected chi connectivity index (χ2v) is 10.1. The summed E-state index contributed by atoms with van der Waals surface area (Å²) in [6, 6.07) is 19.2. The highest BCUT2D eigenvalue weighted by Crippen LogP contribution is 2.31. The molecule has 0 aliphatic carbocycles. The maximum absolute atomic E-state index is 12.9. The summed E-state index contributed by atoms with van der Waals surface area (Å²) in [5.41, 5.74) is 1.33. The Morgan fingerprint density at radius 2 is 1.68 bits per heavy atom. The van der Waals surface area contributed by atoms with Crippen molar-refractivity contribution in [3.8, 4) is 11.5 Å². The monoisotopic (exact) mass is 540 g/mol. The lowest BCUT2D eigenvalue weighted by Gasteiger charge is -2.24. The quantitative estimate of drug-likeness (QED) is 0.395. The zero-order valence-corrected chi connectivity index (χ0v) is 22.2. The van der Waals surface area contributed by atoms with Gasteiger partial charge < -0.3 is 19.9 Å². The SMILES string of the molecule is O=C(NCCCCC(=O)N1CCC2C1C(=O)CN2C(=O)Cc1cccnc1)c1ccc(Oc2ccccc2)cc1. The van der Waals surface area contributed by atoms with Crippen molar-refractivity contribution in [2.45, 2.75) is 44.2 Å². The number of aromatic nitrogens is 1. The van der Waals surface area contributed by atoms with Crippen LogP contribution in [0.25, 0.3) is 0 Å². The minimum Gasteiger partial charge on any atom is -0.457 e. The van der Waals surface area contributed by atoms with Crippen LogP contribution in [-0.4, -0.2) is 70.0 Å². The van der Waals surface area contributed by atoms with E-state index in [4.69, 9.17) is 4.74 Å². The summed E-state index contributed by atoms with van der Waals surface area (Å²) in [5.74, 6) is 0.908. The molecule has 3 aromatic rings. The lowest BCUT2D eigenvalue weighted by molar-refractivity contribution is -0.136. The average Bonchev–Trinajstić information content (AvgIpc) is 3.55. The van der Waals surface area contributed by atoms with Crippen molar-refractivity contribution >= 4 is 23.5 Å². The topological polar surface area (TPSA) is 109 Å². The third kappa shape index (κ3) is 6.36. The summed E-state index contributed by atoms with van der Waals surface area (Å²) in [7, 11) is 0. The second-order valence-electron chi connectivity index (χ2n) is 10.1. The number of likely N-dealkylation sites (tertiary alicyclic amines) is 2. The van der Waals surface area contributed by atoms with Crippen molar-refractivity contribution in [1.29, 1.82) is 0 Å². The van der Waals surface area contributed by atoms with Gasteiger partial charge in [-0.15, -0.1) is 0 Å². The van der Waals surface area contributed by atoms with E-state index in [2.05, 4.69) is 10.3 Å². The minimum absolute atomic E-state index is 0.0452. The number of carbonyl (C=O) groups is 4. The van der Waals surface area contributed by atoms with E-state index in [0.29, 0.717) is 50.1 Å². The number of nitrogens with one attached hydrogen (secondary N) is 1. The van der Waals surface area contributed by atoms with Gasteiger partial charge in [0.25, 0.3) is 5.91 Å². The number of unbranched alkanes of at least 4 members (excludes halogenated alkanes) is 1. The van der Waals surface area contributed by atoms with E-state index >= 15 is 0 Å². The number of para-hydroxylation sites is 1. The molecule has 3 amide bonds. The Morgan fingerprint density at radius 3 is 2.42 bits per heavy atom. The van der Waals surface area contributed by atoms with E-state index in [-0.39, 0.29) is 42.5 Å². The first-order valence-electron chi connectivity index (χ1n) is 13.6. The first-order chi connectivity index (χ1) is 19.5. The van der Waals surface area contributed by atoms with Crippen molar-refractivity contribution in [3.05, 3.63) is 90.3 Å². The van der Waals surface area contributed by atoms with Gasteiger partial charge in [0.1, 0.15) is 17.5 Å². The molecule has 0 spiro atoms. The smallest absolute Gasteiger partial charge is 0.251 e. The number of ketones is 1. The van der Waals surface area contributed by atoms with Crippen molar-refractivity contribution in [2.75, 3.05) is 19.6 Å². The molecule has 206 valence electrons. The molecule has 2 aliphatic heterocycles. The van der Waals surface area contributed by atoms with Gasteiger partial charge in [0.2, 0.25) is 11.8 Å². The molecule has 2 aliphatic rings. The number of carbonyl (C=O) groups excluding carboxylic acids is 4. The first-order valence-corrected chi connectivity index (χ1v) is 13.6. The lowest BCUT2D eigenvalue weighted by Crippen LogP contribution is -2.43. The Morgan fingerprint density at radius 1 is 0.900 bits per heavy atom. The van der Waals surface area contributed by atoms with Gasteiger partial charge in [0.15, 0.2) is 5.78 Å². The Hall–Kier alpha value is -4.53. The second kappa shape index (κ2) is 12.5. The highest BCUT2D eigenvalue weighted by molar-refractivity contribution is 5.98. The number of rotatable bonds is 10. The normalized spacial score (nSPS) is 17.9. The Balaban J connectivity index is 1.03. The Labute approximate surface area is 233 Å². The average molecular weight is 541 g/mol. The van der Waals surface area contributed by atoms with Crippen molar-refractivity contribution in [1.82, 2.24) is 20.1 Å². The summed E-state index contributed by atoms with van der Waals surface area (Å²) in [5, 5.41) is 2.89. The number of benzene rings is 2. The molecule has 0 bridgehead atoms. The van der Waals surface area contributed by atoms with Crippen LogP contribution in [0.1, 0.15) is 41.6 Å². The molecule has 2 saturated heterocycles. The molecule has 2 unspecified atom stereocenters. The molecule has 9 heteroatoms. The molecule has 3 heterocycles. The molecule has 9 nitrogen and oxygen atoms in total. The number of nitrogens with zero attached hydrogens (tertiary/aromatic N) is 3. The standard InChI is InChI=1S/C31H32N4O5/c36-27-21-35(29(38)19-22-7-6-16-32-20-22)26-15-18-34(30(26)27)28(37)10-4-5-17-33-31(39)23-11-13-25(14-12-23)40-24-8-2-1-3-9-24/h1-3,6-9,11-14,16,20,26,30H,4-5,10,15,17-19,21H2,(H,33,39). The van der Waals surface area contributed by atoms with E-state index in [0.717, 1.165) is 11.3 Å². The minimum atomic E-state index is -0.557. The molecule has 1 N–H and O–H groups in total. The molecule has 5 rings (SSSR count). The van der Waals surface area contributed by atoms with Crippen LogP contribution < -0.4 is 10.1 Å². The summed E-state index contributed by atoms with van der Waals surface area (Å²) in [6.07, 6.45) is 5.62. The van der Waals surface area contributed by atoms with Crippen LogP contribution in [0, 0.1) is 0 Å². The van der Waals surface area contributed by atoms with Gasteiger partial charge in [0, 0.05) is 37.5 Å². The van der Waals surface area contributed by atoms with Crippen LogP contribution in [-0.2, 0) is 20.8 Å². The number of Topliss-reactive ketones (excluding diaryl/α,β-unsaturated/α-hetero) is 1. The number of ether oxygens (including phenoxy) is 1. The molecule has 2 atom stereocenters. The van der Waals surface area contributed by atoms with Crippen molar-refractivity contribution in [2.24, 2.45) is 0 Å². The van der Waals surface area contributed by atoms with E-state index in [1.165, 1.54) is 0 Å². The lowest BCUT2D eigenvalue weighted by atomic mass is 10.1. The third-order valence-electron chi connectivity index (χ3n) is 7.34. The van der Waals surface area contributed by atoms with Crippen LogP contribution in [0.4, 0.5) is 0 Å². The zero-order chi connectivity index (χ0) is 27.9. The fraction of sp³-hybridized carbons (Fsp3) is 0.323. The fourth-order valence-corrected chi connectivity index (χ4v) is 5.35. The van der Waals surface area contributed by atoms with E-state index in [9.17, 15) is 19.2 Å². The highest BCUT2D eigenvalue weighted by Gasteiger charge is 2.50. The summed E-state index contributed by atoms with van der Waals surface area (Å²) in [4.78, 5) is 58.4. The highest BCUT2D eigenvalue weighted by atomic mass is 16.5. The number of hydrogen-bond acceptors (Lipinski definition) is 6. The molecule has 2 aromatic carbocycles. The fourth-order valence-electron chi connectivity index (χ4n) is 5.35. The molecular formula is C31H32N4O5. The number of amides is 3. The molecule has 0 radical (unpaired) electrons. The van der Waals surface area contributed by atoms with E-state index in [1.807, 2.05) is 36.4 Å². The van der Waals surface area contributed by atoms with Gasteiger partial charge in [-0.1, -0.05) is 24.3 Å². The Bertz CT molecular complexity index is 1350. The molecule has 40 heavy (non-hydrogen) atoms. The van der Waals surface area contributed by atoms with Gasteiger partial charge in [-0.05, 0) is 67.3 Å². The summed E-state index contributed by atoms with van der Waals surface area (Å²) < 4.78 is 5.75. The molecule has 1 aromatic heterocycles. The predicted octanol–water partition coefficient (Wildman–Crippen LogP) is 3.40. The molecule has 2 fully saturated rings. The maximum atomic E-state index is 12.9. The third-order valence-corrected chi connectivity index (χ3v) is 7.34. The largest absolute Gasteiger partial charge is 0.457 e. The van der Waals surface area contributed by atoms with E-state index in [1.54, 1.807) is 52.5 Å². The molecular weight excluding hydrogens is 508 g/mol. The number of hydrogen-bond donors (Lipinski definition) is 1. The summed E-state index contributed by atoms with van der Waals surface area (Å²) in [6.45, 7) is 0.955. The van der Waals surface area contributed by atoms with Crippen LogP contribution in [0.5, 0.6) is 11.5 Å². The van der Waals surface area contributed by atoms with Crippen LogP contribution >= 0.6 is 0 Å². The van der Waals surface area contributed by atoms with Gasteiger partial charge in [-0.2, -0.15) is 0 Å². The van der Waals surface area contributed by atoms with Crippen LogP contribution in [0.2, 0.25) is 0 Å². The first kappa shape index (κ1) is 27.1. The van der Waals surface area contributed by atoms with Gasteiger partial charge in [0.05, 0.1) is 19.0 Å². The van der Waals surface area contributed by atoms with Crippen molar-refractivity contribution in [3.63, 3.8) is 0 Å². The Kier molecular flexibility index (Phi) is 8.49. The zero-order valence-electron chi connectivity index (χ0n) is 22.2. The van der Waals surface area contributed by atoms with Gasteiger partial charge in [-0.3, -0.25) is 24.2 Å². The maximum Gasteiger partial charge on any atom is 0.251 e. The van der Waals surface area contributed by atoms with Crippen LogP contribution in [0.15, 0.2) is 79.1 Å². The van der Waals surface area contributed by atoms with Crippen LogP contribution in [0.3, 0.4) is 0 Å². The summed E-state index contributed by atoms with van der Waals surface area (Å²) >= 11 is 0.